The maximum atomic E-state index is 11.8. The van der Waals surface area contributed by atoms with Gasteiger partial charge in [0.25, 0.3) is 0 Å². The van der Waals surface area contributed by atoms with Crippen LogP contribution in [-0.2, 0) is 9.09 Å². The normalized spacial score (nSPS) is 10.9. The minimum absolute atomic E-state index is 0.0574. The van der Waals surface area contributed by atoms with E-state index in [1.807, 2.05) is 0 Å². The highest BCUT2D eigenvalue weighted by molar-refractivity contribution is 7.48. The topological polar surface area (TPSA) is 43.4 Å². The summed E-state index contributed by atoms with van der Waals surface area (Å²) in [4.78, 5) is 10.8. The zero-order chi connectivity index (χ0) is 9.90. The van der Waals surface area contributed by atoms with Gasteiger partial charge in [-0.05, 0) is 12.1 Å². The van der Waals surface area contributed by atoms with E-state index in [1.165, 1.54) is 24.3 Å². The first-order valence-electron chi connectivity index (χ1n) is 3.27. The van der Waals surface area contributed by atoms with Gasteiger partial charge in [-0.1, -0.05) is 18.2 Å². The highest BCUT2D eigenvalue weighted by atomic mass is 31.2. The van der Waals surface area contributed by atoms with Crippen LogP contribution < -0.4 is 0 Å². The molecule has 0 N–H and O–H groups in total. The standard InChI is InChI=1S/C7H5F2O3P/c8-13(9,11)12-7(10)6-4-2-1-3-5-6/h1-5H. The lowest BCUT2D eigenvalue weighted by atomic mass is 10.2. The Morgan fingerprint density at radius 2 is 1.77 bits per heavy atom. The molecule has 0 aliphatic rings. The van der Waals surface area contributed by atoms with Crippen LogP contribution in [0.15, 0.2) is 30.3 Å². The summed E-state index contributed by atoms with van der Waals surface area (Å²) in [6.07, 6.45) is 0. The fourth-order valence-electron chi connectivity index (χ4n) is 0.723. The number of rotatable bonds is 2. The molecule has 6 heteroatoms. The smallest absolute Gasteiger partial charge is 0.360 e. The van der Waals surface area contributed by atoms with E-state index in [-0.39, 0.29) is 5.56 Å². The van der Waals surface area contributed by atoms with E-state index in [9.17, 15) is 17.8 Å². The molecule has 0 amide bonds. The first kappa shape index (κ1) is 9.86. The average Bonchev–Trinajstić information content (AvgIpc) is 2.03. The molecule has 3 nitrogen and oxygen atoms in total. The molecule has 70 valence electrons. The number of carbonyl (C=O) groups excluding carboxylic acids is 1. The summed E-state index contributed by atoms with van der Waals surface area (Å²) in [6.45, 7) is 0. The Balaban J connectivity index is 2.76. The lowest BCUT2D eigenvalue weighted by molar-refractivity contribution is 0.0712. The lowest BCUT2D eigenvalue weighted by Gasteiger charge is -2.00. The zero-order valence-electron chi connectivity index (χ0n) is 6.31. The minimum Gasteiger partial charge on any atom is -0.360 e. The molecule has 0 aromatic heterocycles. The third-order valence-corrected chi connectivity index (χ3v) is 1.58. The second kappa shape index (κ2) is 3.66. The van der Waals surface area contributed by atoms with Crippen molar-refractivity contribution in [3.05, 3.63) is 35.9 Å². The van der Waals surface area contributed by atoms with Crippen LogP contribution in [0.3, 0.4) is 0 Å². The van der Waals surface area contributed by atoms with E-state index in [0.29, 0.717) is 0 Å². The molecule has 0 bridgehead atoms. The van der Waals surface area contributed by atoms with Crippen LogP contribution in [0.2, 0.25) is 0 Å². The molecule has 0 saturated heterocycles. The highest BCUT2D eigenvalue weighted by Crippen LogP contribution is 2.50. The molecule has 0 atom stereocenters. The number of carbonyl (C=O) groups is 1. The summed E-state index contributed by atoms with van der Waals surface area (Å²) < 4.78 is 36.8. The van der Waals surface area contributed by atoms with Crippen LogP contribution in [0.4, 0.5) is 8.39 Å². The summed E-state index contributed by atoms with van der Waals surface area (Å²) >= 11 is 0. The van der Waals surface area contributed by atoms with Crippen molar-refractivity contribution in [3.63, 3.8) is 0 Å². The van der Waals surface area contributed by atoms with E-state index in [1.54, 1.807) is 6.07 Å². The quantitative estimate of drug-likeness (QED) is 0.698. The summed E-state index contributed by atoms with van der Waals surface area (Å²) in [7, 11) is -5.74. The molecule has 0 saturated carbocycles. The maximum Gasteiger partial charge on any atom is 0.612 e. The van der Waals surface area contributed by atoms with Crippen molar-refractivity contribution in [2.24, 2.45) is 0 Å². The van der Waals surface area contributed by atoms with Crippen LogP contribution in [-0.4, -0.2) is 5.97 Å². The minimum atomic E-state index is -5.74. The third kappa shape index (κ3) is 3.34. The van der Waals surface area contributed by atoms with Crippen molar-refractivity contribution in [2.75, 3.05) is 0 Å². The molecular weight excluding hydrogens is 201 g/mol. The summed E-state index contributed by atoms with van der Waals surface area (Å²) in [5.74, 6) is -1.28. The van der Waals surface area contributed by atoms with Crippen LogP contribution in [0.5, 0.6) is 0 Å². The first-order chi connectivity index (χ1) is 5.99. The van der Waals surface area contributed by atoms with Gasteiger partial charge in [0.1, 0.15) is 0 Å². The third-order valence-electron chi connectivity index (χ3n) is 1.20. The molecule has 1 rings (SSSR count). The SMILES string of the molecule is O=C(OP(=O)(F)F)c1ccccc1. The zero-order valence-corrected chi connectivity index (χ0v) is 7.21. The molecule has 1 aromatic carbocycles. The molecule has 0 spiro atoms. The number of hydrogen-bond donors (Lipinski definition) is 0. The Bertz CT molecular complexity index is 346. The van der Waals surface area contributed by atoms with E-state index < -0.39 is 14.0 Å². The molecule has 0 heterocycles. The Hall–Kier alpha value is -1.22. The molecular formula is C7H5F2O3P. The number of halogens is 2. The second-order valence-electron chi connectivity index (χ2n) is 2.16. The van der Waals surface area contributed by atoms with Crippen molar-refractivity contribution in [1.29, 1.82) is 0 Å². The van der Waals surface area contributed by atoms with E-state index in [2.05, 4.69) is 4.52 Å². The van der Waals surface area contributed by atoms with Gasteiger partial charge >= 0.3 is 14.0 Å². The molecule has 0 unspecified atom stereocenters. The van der Waals surface area contributed by atoms with Crippen molar-refractivity contribution < 1.29 is 22.3 Å². The molecule has 13 heavy (non-hydrogen) atoms. The molecule has 0 fully saturated rings. The Morgan fingerprint density at radius 1 is 1.23 bits per heavy atom. The van der Waals surface area contributed by atoms with Gasteiger partial charge in [0.05, 0.1) is 5.56 Å². The van der Waals surface area contributed by atoms with Crippen molar-refractivity contribution in [3.8, 4) is 0 Å². The fourth-order valence-corrected chi connectivity index (χ4v) is 1.02. The van der Waals surface area contributed by atoms with Crippen molar-refractivity contribution >= 4 is 14.0 Å². The Labute approximate surface area is 73.0 Å². The summed E-state index contributed by atoms with van der Waals surface area (Å²) in [5.41, 5.74) is -0.0574. The van der Waals surface area contributed by atoms with Gasteiger partial charge in [-0.25, -0.2) is 9.36 Å². The predicted molar refractivity (Wildman–Crippen MR) is 41.7 cm³/mol. The van der Waals surface area contributed by atoms with Crippen molar-refractivity contribution in [2.45, 2.75) is 0 Å². The van der Waals surface area contributed by atoms with Gasteiger partial charge in [0, 0.05) is 0 Å². The van der Waals surface area contributed by atoms with Crippen LogP contribution in [0.1, 0.15) is 10.4 Å². The Morgan fingerprint density at radius 3 is 2.23 bits per heavy atom. The largest absolute Gasteiger partial charge is 0.612 e. The van der Waals surface area contributed by atoms with E-state index in [0.717, 1.165) is 0 Å². The summed E-state index contributed by atoms with van der Waals surface area (Å²) in [6, 6.07) is 7.16. The van der Waals surface area contributed by atoms with E-state index in [4.69, 9.17) is 0 Å². The number of hydrogen-bond acceptors (Lipinski definition) is 3. The second-order valence-corrected chi connectivity index (χ2v) is 3.17. The van der Waals surface area contributed by atoms with Crippen molar-refractivity contribution in [1.82, 2.24) is 0 Å². The maximum absolute atomic E-state index is 11.8. The molecule has 0 radical (unpaired) electrons. The number of benzene rings is 1. The fraction of sp³-hybridized carbons (Fsp3) is 0. The average molecular weight is 206 g/mol. The molecule has 0 aliphatic heterocycles. The molecule has 1 aromatic rings. The monoisotopic (exact) mass is 206 g/mol. The Kier molecular flexibility index (Phi) is 2.78. The van der Waals surface area contributed by atoms with E-state index >= 15 is 0 Å². The predicted octanol–water partition coefficient (Wildman–Crippen LogP) is 2.89. The first-order valence-corrected chi connectivity index (χ1v) is 4.68. The van der Waals surface area contributed by atoms with Gasteiger partial charge in [-0.15, -0.1) is 8.39 Å². The molecule has 0 aliphatic carbocycles. The van der Waals surface area contributed by atoms with Crippen LogP contribution in [0.25, 0.3) is 0 Å². The van der Waals surface area contributed by atoms with Crippen LogP contribution >= 0.6 is 7.99 Å². The van der Waals surface area contributed by atoms with Gasteiger partial charge in [0.15, 0.2) is 0 Å². The highest BCUT2D eigenvalue weighted by Gasteiger charge is 2.26. The van der Waals surface area contributed by atoms with Gasteiger partial charge < -0.3 is 4.52 Å². The van der Waals surface area contributed by atoms with Gasteiger partial charge in [-0.2, -0.15) is 0 Å². The van der Waals surface area contributed by atoms with Crippen LogP contribution in [0, 0.1) is 0 Å². The van der Waals surface area contributed by atoms with Gasteiger partial charge in [0.2, 0.25) is 0 Å². The lowest BCUT2D eigenvalue weighted by Crippen LogP contribution is -1.99. The summed E-state index contributed by atoms with van der Waals surface area (Å²) in [5, 5.41) is 0. The van der Waals surface area contributed by atoms with Gasteiger partial charge in [-0.3, -0.25) is 0 Å².